The normalized spacial score (nSPS) is 22.2. The molecule has 0 radical (unpaired) electrons. The lowest BCUT2D eigenvalue weighted by Crippen LogP contribution is -2.43. The molecular formula is C12H14F2N4. The average Bonchev–Trinajstić information content (AvgIpc) is 2.80. The van der Waals surface area contributed by atoms with E-state index in [9.17, 15) is 8.78 Å². The minimum atomic E-state index is -2.58. The lowest BCUT2D eigenvalue weighted by Gasteiger charge is -2.37. The van der Waals surface area contributed by atoms with Gasteiger partial charge in [-0.25, -0.2) is 18.3 Å². The van der Waals surface area contributed by atoms with Gasteiger partial charge >= 0.3 is 0 Å². The summed E-state index contributed by atoms with van der Waals surface area (Å²) in [6.45, 7) is 0. The summed E-state index contributed by atoms with van der Waals surface area (Å²) in [7, 11) is 0. The predicted molar refractivity (Wildman–Crippen MR) is 62.3 cm³/mol. The van der Waals surface area contributed by atoms with Crippen LogP contribution < -0.4 is 5.73 Å². The van der Waals surface area contributed by atoms with E-state index in [0.29, 0.717) is 0 Å². The molecule has 0 amide bonds. The molecule has 1 saturated carbocycles. The first-order chi connectivity index (χ1) is 8.49. The van der Waals surface area contributed by atoms with Crippen LogP contribution in [0.3, 0.4) is 0 Å². The van der Waals surface area contributed by atoms with Gasteiger partial charge in [-0.15, -0.1) is 0 Å². The van der Waals surface area contributed by atoms with Gasteiger partial charge in [-0.1, -0.05) is 0 Å². The van der Waals surface area contributed by atoms with Crippen molar-refractivity contribution in [3.8, 4) is 0 Å². The molecule has 0 saturated heterocycles. The molecule has 0 aromatic carbocycles. The van der Waals surface area contributed by atoms with E-state index < -0.39 is 11.5 Å². The third-order valence-corrected chi connectivity index (χ3v) is 3.70. The Balaban J connectivity index is 1.93. The summed E-state index contributed by atoms with van der Waals surface area (Å²) in [4.78, 5) is 4.23. The Morgan fingerprint density at radius 3 is 2.67 bits per heavy atom. The van der Waals surface area contributed by atoms with Crippen molar-refractivity contribution in [2.75, 3.05) is 0 Å². The highest BCUT2D eigenvalue weighted by atomic mass is 19.3. The first kappa shape index (κ1) is 11.5. The first-order valence-electron chi connectivity index (χ1n) is 5.95. The number of hydrogen-bond donors (Lipinski definition) is 1. The summed E-state index contributed by atoms with van der Waals surface area (Å²) in [6.07, 6.45) is 5.31. The Kier molecular flexibility index (Phi) is 2.38. The van der Waals surface area contributed by atoms with Crippen LogP contribution in [0.2, 0.25) is 0 Å². The van der Waals surface area contributed by atoms with Gasteiger partial charge in [-0.2, -0.15) is 5.10 Å². The summed E-state index contributed by atoms with van der Waals surface area (Å²) in [5, 5.41) is 4.08. The van der Waals surface area contributed by atoms with Gasteiger partial charge < -0.3 is 5.73 Å². The molecule has 6 heteroatoms. The summed E-state index contributed by atoms with van der Waals surface area (Å²) in [5.41, 5.74) is 7.03. The molecule has 96 valence electrons. The standard InChI is InChI=1S/C12H14F2N4/c13-12(14)4-2-11(15,3-5-12)9-7-16-10-1-6-17-18(10)8-9/h1,6-8H,2-5,15H2. The van der Waals surface area contributed by atoms with E-state index in [2.05, 4.69) is 10.1 Å². The Morgan fingerprint density at radius 1 is 1.22 bits per heavy atom. The molecule has 0 bridgehead atoms. The van der Waals surface area contributed by atoms with E-state index in [1.54, 1.807) is 29.2 Å². The van der Waals surface area contributed by atoms with E-state index in [-0.39, 0.29) is 25.7 Å². The number of aromatic nitrogens is 3. The van der Waals surface area contributed by atoms with Crippen LogP contribution in [-0.2, 0) is 5.54 Å². The lowest BCUT2D eigenvalue weighted by atomic mass is 9.77. The van der Waals surface area contributed by atoms with Crippen molar-refractivity contribution in [1.29, 1.82) is 0 Å². The zero-order valence-corrected chi connectivity index (χ0v) is 9.81. The molecule has 2 N–H and O–H groups in total. The second-order valence-electron chi connectivity index (χ2n) is 4.99. The Morgan fingerprint density at radius 2 is 1.94 bits per heavy atom. The molecule has 0 spiro atoms. The lowest BCUT2D eigenvalue weighted by molar-refractivity contribution is -0.0515. The Labute approximate surface area is 103 Å². The maximum atomic E-state index is 13.2. The fraction of sp³-hybridized carbons (Fsp3) is 0.500. The molecule has 2 aromatic rings. The van der Waals surface area contributed by atoms with Gasteiger partial charge in [0.15, 0.2) is 5.65 Å². The van der Waals surface area contributed by atoms with Crippen molar-refractivity contribution in [3.05, 3.63) is 30.2 Å². The molecule has 4 nitrogen and oxygen atoms in total. The van der Waals surface area contributed by atoms with Crippen LogP contribution in [0.5, 0.6) is 0 Å². The monoisotopic (exact) mass is 252 g/mol. The van der Waals surface area contributed by atoms with Crippen LogP contribution in [0.4, 0.5) is 8.78 Å². The van der Waals surface area contributed by atoms with Crippen molar-refractivity contribution in [2.45, 2.75) is 37.1 Å². The van der Waals surface area contributed by atoms with Gasteiger partial charge in [0.1, 0.15) is 0 Å². The second-order valence-corrected chi connectivity index (χ2v) is 4.99. The largest absolute Gasteiger partial charge is 0.321 e. The van der Waals surface area contributed by atoms with Crippen molar-refractivity contribution < 1.29 is 8.78 Å². The molecule has 1 fully saturated rings. The van der Waals surface area contributed by atoms with Crippen LogP contribution >= 0.6 is 0 Å². The minimum absolute atomic E-state index is 0.166. The summed E-state index contributed by atoms with van der Waals surface area (Å²) in [5.74, 6) is -2.58. The number of hydrogen-bond acceptors (Lipinski definition) is 3. The molecule has 3 rings (SSSR count). The third kappa shape index (κ3) is 1.86. The fourth-order valence-electron chi connectivity index (χ4n) is 2.42. The molecule has 2 aromatic heterocycles. The van der Waals surface area contributed by atoms with Gasteiger partial charge in [0.2, 0.25) is 5.92 Å². The van der Waals surface area contributed by atoms with Crippen molar-refractivity contribution in [2.24, 2.45) is 5.73 Å². The average molecular weight is 252 g/mol. The highest BCUT2D eigenvalue weighted by Crippen LogP contribution is 2.41. The van der Waals surface area contributed by atoms with E-state index >= 15 is 0 Å². The molecule has 1 aliphatic rings. The Hall–Kier alpha value is -1.56. The van der Waals surface area contributed by atoms with Crippen LogP contribution in [-0.4, -0.2) is 20.5 Å². The van der Waals surface area contributed by atoms with Crippen molar-refractivity contribution in [1.82, 2.24) is 14.6 Å². The van der Waals surface area contributed by atoms with Crippen LogP contribution in [0.15, 0.2) is 24.7 Å². The number of alkyl halides is 2. The highest BCUT2D eigenvalue weighted by Gasteiger charge is 2.42. The van der Waals surface area contributed by atoms with E-state index in [1.807, 2.05) is 0 Å². The molecular weight excluding hydrogens is 238 g/mol. The Bertz CT molecular complexity index is 568. The zero-order chi connectivity index (χ0) is 12.8. The fourth-order valence-corrected chi connectivity index (χ4v) is 2.42. The van der Waals surface area contributed by atoms with Crippen LogP contribution in [0.1, 0.15) is 31.2 Å². The van der Waals surface area contributed by atoms with Gasteiger partial charge in [-0.3, -0.25) is 0 Å². The van der Waals surface area contributed by atoms with Crippen molar-refractivity contribution >= 4 is 5.65 Å². The topological polar surface area (TPSA) is 56.2 Å². The summed E-state index contributed by atoms with van der Waals surface area (Å²) < 4.78 is 28.0. The molecule has 0 aliphatic heterocycles. The number of nitrogens with two attached hydrogens (primary N) is 1. The first-order valence-corrected chi connectivity index (χ1v) is 5.95. The van der Waals surface area contributed by atoms with Crippen molar-refractivity contribution in [3.63, 3.8) is 0 Å². The number of halogens is 2. The summed E-state index contributed by atoms with van der Waals surface area (Å²) >= 11 is 0. The zero-order valence-electron chi connectivity index (χ0n) is 9.81. The quantitative estimate of drug-likeness (QED) is 0.845. The highest BCUT2D eigenvalue weighted by molar-refractivity contribution is 5.37. The predicted octanol–water partition coefficient (Wildman–Crippen LogP) is 2.09. The van der Waals surface area contributed by atoms with E-state index in [0.717, 1.165) is 11.2 Å². The van der Waals surface area contributed by atoms with Gasteiger partial charge in [-0.05, 0) is 12.8 Å². The van der Waals surface area contributed by atoms with Crippen LogP contribution in [0, 0.1) is 0 Å². The second kappa shape index (κ2) is 3.71. The maximum absolute atomic E-state index is 13.2. The molecule has 0 atom stereocenters. The SMILES string of the molecule is NC1(c2cnc3ccnn3c2)CCC(F)(F)CC1. The van der Waals surface area contributed by atoms with E-state index in [1.165, 1.54) is 0 Å². The maximum Gasteiger partial charge on any atom is 0.248 e. The molecule has 0 unspecified atom stereocenters. The third-order valence-electron chi connectivity index (χ3n) is 3.70. The molecule has 1 aliphatic carbocycles. The molecule has 2 heterocycles. The van der Waals surface area contributed by atoms with Gasteiger partial charge in [0.25, 0.3) is 0 Å². The van der Waals surface area contributed by atoms with E-state index in [4.69, 9.17) is 5.73 Å². The number of rotatable bonds is 1. The van der Waals surface area contributed by atoms with Crippen LogP contribution in [0.25, 0.3) is 5.65 Å². The number of fused-ring (bicyclic) bond motifs is 1. The smallest absolute Gasteiger partial charge is 0.248 e. The molecule has 18 heavy (non-hydrogen) atoms. The van der Waals surface area contributed by atoms with Gasteiger partial charge in [0.05, 0.1) is 6.20 Å². The van der Waals surface area contributed by atoms with Gasteiger partial charge in [0, 0.05) is 42.4 Å². The minimum Gasteiger partial charge on any atom is -0.321 e. The number of nitrogens with zero attached hydrogens (tertiary/aromatic N) is 3. The summed E-state index contributed by atoms with van der Waals surface area (Å²) in [6, 6.07) is 1.78.